The summed E-state index contributed by atoms with van der Waals surface area (Å²) in [4.78, 5) is 0. The number of hydrogen-bond donors (Lipinski definition) is 0. The minimum absolute atomic E-state index is 0.737. The minimum Gasteiger partial charge on any atom is -0.490 e. The van der Waals surface area contributed by atoms with E-state index in [4.69, 9.17) is 9.47 Å². The van der Waals surface area contributed by atoms with E-state index < -0.39 is 0 Å². The molecule has 1 aliphatic rings. The van der Waals surface area contributed by atoms with Gasteiger partial charge in [-0.1, -0.05) is 28.1 Å². The molecule has 2 rings (SSSR count). The first-order chi connectivity index (χ1) is 8.31. The average Bonchev–Trinajstić information content (AvgIpc) is 2.60. The Kier molecular flexibility index (Phi) is 4.49. The molecule has 0 aliphatic carbocycles. The fourth-order valence-corrected chi connectivity index (χ4v) is 2.03. The highest BCUT2D eigenvalue weighted by molar-refractivity contribution is 9.09. The zero-order valence-electron chi connectivity index (χ0n) is 10.0. The van der Waals surface area contributed by atoms with Crippen LogP contribution in [0, 0.1) is 0 Å². The molecule has 2 nitrogen and oxygen atoms in total. The molecular weight excluding hydrogens is 280 g/mol. The van der Waals surface area contributed by atoms with E-state index in [0.29, 0.717) is 0 Å². The molecule has 0 fully saturated rings. The second kappa shape index (κ2) is 6.10. The SMILES string of the molecule is C/C(=C\CCBr)c1ccc2c(c1)OCCCO2. The quantitative estimate of drug-likeness (QED) is 0.784. The maximum Gasteiger partial charge on any atom is 0.161 e. The van der Waals surface area contributed by atoms with Crippen LogP contribution in [0.1, 0.15) is 25.3 Å². The van der Waals surface area contributed by atoms with Crippen molar-refractivity contribution >= 4 is 21.5 Å². The molecule has 0 amide bonds. The number of alkyl halides is 1. The van der Waals surface area contributed by atoms with E-state index >= 15 is 0 Å². The molecule has 1 aromatic rings. The van der Waals surface area contributed by atoms with E-state index in [2.05, 4.69) is 41.1 Å². The lowest BCUT2D eigenvalue weighted by Gasteiger charge is -2.09. The van der Waals surface area contributed by atoms with Crippen LogP contribution in [0.4, 0.5) is 0 Å². The highest BCUT2D eigenvalue weighted by Gasteiger charge is 2.10. The van der Waals surface area contributed by atoms with Gasteiger partial charge in [0.05, 0.1) is 13.2 Å². The average molecular weight is 297 g/mol. The van der Waals surface area contributed by atoms with E-state index in [-0.39, 0.29) is 0 Å². The molecule has 17 heavy (non-hydrogen) atoms. The van der Waals surface area contributed by atoms with Gasteiger partial charge >= 0.3 is 0 Å². The molecule has 1 aliphatic heterocycles. The molecule has 0 spiro atoms. The van der Waals surface area contributed by atoms with Crippen molar-refractivity contribution < 1.29 is 9.47 Å². The summed E-state index contributed by atoms with van der Waals surface area (Å²) in [5.74, 6) is 1.73. The van der Waals surface area contributed by atoms with Gasteiger partial charge in [-0.25, -0.2) is 0 Å². The van der Waals surface area contributed by atoms with Crippen molar-refractivity contribution in [3.8, 4) is 11.5 Å². The Labute approximate surface area is 111 Å². The molecule has 1 aromatic carbocycles. The fraction of sp³-hybridized carbons (Fsp3) is 0.429. The second-order valence-electron chi connectivity index (χ2n) is 4.08. The predicted octanol–water partition coefficient (Wildman–Crippen LogP) is 4.04. The van der Waals surface area contributed by atoms with Crippen LogP contribution in [0.25, 0.3) is 5.57 Å². The molecule has 0 saturated heterocycles. The van der Waals surface area contributed by atoms with E-state index in [0.717, 1.165) is 42.9 Å². The van der Waals surface area contributed by atoms with E-state index in [1.807, 2.05) is 6.07 Å². The van der Waals surface area contributed by atoms with Crippen LogP contribution < -0.4 is 9.47 Å². The van der Waals surface area contributed by atoms with Gasteiger partial charge in [0.1, 0.15) is 0 Å². The number of halogens is 1. The van der Waals surface area contributed by atoms with Gasteiger partial charge in [0.25, 0.3) is 0 Å². The zero-order chi connectivity index (χ0) is 12.1. The Morgan fingerprint density at radius 1 is 1.29 bits per heavy atom. The number of ether oxygens (including phenoxy) is 2. The first-order valence-corrected chi connectivity index (χ1v) is 7.06. The summed E-state index contributed by atoms with van der Waals surface area (Å²) >= 11 is 3.43. The molecule has 92 valence electrons. The maximum atomic E-state index is 5.68. The summed E-state index contributed by atoms with van der Waals surface area (Å²) in [6.45, 7) is 3.60. The van der Waals surface area contributed by atoms with Crippen LogP contribution in [0.2, 0.25) is 0 Å². The van der Waals surface area contributed by atoms with E-state index in [1.165, 1.54) is 11.1 Å². The number of hydrogen-bond acceptors (Lipinski definition) is 2. The van der Waals surface area contributed by atoms with Gasteiger partial charge < -0.3 is 9.47 Å². The standard InChI is InChI=1S/C14H17BrO2/c1-11(4-2-7-15)12-5-6-13-14(10-12)17-9-3-8-16-13/h4-6,10H,2-3,7-9H2,1H3/b11-4+. The second-order valence-corrected chi connectivity index (χ2v) is 4.87. The molecule has 3 heteroatoms. The summed E-state index contributed by atoms with van der Waals surface area (Å²) in [5, 5.41) is 0.995. The van der Waals surface area contributed by atoms with Crippen LogP contribution in [0.15, 0.2) is 24.3 Å². The van der Waals surface area contributed by atoms with Crippen molar-refractivity contribution in [3.05, 3.63) is 29.8 Å². The van der Waals surface area contributed by atoms with Crippen LogP contribution in [0.3, 0.4) is 0 Å². The zero-order valence-corrected chi connectivity index (χ0v) is 11.6. The largest absolute Gasteiger partial charge is 0.490 e. The lowest BCUT2D eigenvalue weighted by molar-refractivity contribution is 0.297. The molecule has 1 heterocycles. The molecule has 0 bridgehead atoms. The predicted molar refractivity (Wildman–Crippen MR) is 74.1 cm³/mol. The summed E-state index contributed by atoms with van der Waals surface area (Å²) < 4.78 is 11.3. The van der Waals surface area contributed by atoms with Gasteiger partial charge in [0.2, 0.25) is 0 Å². The first-order valence-electron chi connectivity index (χ1n) is 5.94. The third kappa shape index (κ3) is 3.25. The van der Waals surface area contributed by atoms with Crippen LogP contribution in [-0.2, 0) is 0 Å². The maximum absolute atomic E-state index is 5.68. The normalized spacial score (nSPS) is 15.5. The van der Waals surface area contributed by atoms with Crippen LogP contribution in [-0.4, -0.2) is 18.5 Å². The Balaban J connectivity index is 2.23. The van der Waals surface area contributed by atoms with Crippen LogP contribution in [0.5, 0.6) is 11.5 Å². The Morgan fingerprint density at radius 3 is 2.82 bits per heavy atom. The highest BCUT2D eigenvalue weighted by atomic mass is 79.9. The van der Waals surface area contributed by atoms with Crippen molar-refractivity contribution in [2.45, 2.75) is 19.8 Å². The van der Waals surface area contributed by atoms with Gasteiger partial charge in [-0.15, -0.1) is 0 Å². The van der Waals surface area contributed by atoms with Crippen molar-refractivity contribution in [1.82, 2.24) is 0 Å². The minimum atomic E-state index is 0.737. The van der Waals surface area contributed by atoms with Crippen molar-refractivity contribution in [2.24, 2.45) is 0 Å². The molecule has 0 atom stereocenters. The molecular formula is C14H17BrO2. The van der Waals surface area contributed by atoms with Gasteiger partial charge in [-0.3, -0.25) is 0 Å². The smallest absolute Gasteiger partial charge is 0.161 e. The first kappa shape index (κ1) is 12.5. The third-order valence-corrected chi connectivity index (χ3v) is 3.22. The van der Waals surface area contributed by atoms with Gasteiger partial charge in [0, 0.05) is 11.8 Å². The molecule has 0 radical (unpaired) electrons. The number of benzene rings is 1. The van der Waals surface area contributed by atoms with Gasteiger partial charge in [0.15, 0.2) is 11.5 Å². The number of allylic oxidation sites excluding steroid dienone is 2. The molecule has 0 aromatic heterocycles. The van der Waals surface area contributed by atoms with E-state index in [9.17, 15) is 0 Å². The Bertz CT molecular complexity index is 413. The molecule has 0 N–H and O–H groups in total. The Hall–Kier alpha value is -0.960. The van der Waals surface area contributed by atoms with Crippen molar-refractivity contribution in [2.75, 3.05) is 18.5 Å². The highest BCUT2D eigenvalue weighted by Crippen LogP contribution is 2.32. The Morgan fingerprint density at radius 2 is 2.06 bits per heavy atom. The third-order valence-electron chi connectivity index (χ3n) is 2.76. The lowest BCUT2D eigenvalue weighted by atomic mass is 10.1. The summed E-state index contributed by atoms with van der Waals surface area (Å²) in [6.07, 6.45) is 4.22. The number of rotatable bonds is 3. The fourth-order valence-electron chi connectivity index (χ4n) is 1.80. The monoisotopic (exact) mass is 296 g/mol. The summed E-state index contributed by atoms with van der Waals surface area (Å²) in [5.41, 5.74) is 2.48. The topological polar surface area (TPSA) is 18.5 Å². The van der Waals surface area contributed by atoms with Crippen LogP contribution >= 0.6 is 15.9 Å². The van der Waals surface area contributed by atoms with Gasteiger partial charge in [-0.05, 0) is 36.6 Å². The summed E-state index contributed by atoms with van der Waals surface area (Å²) in [7, 11) is 0. The lowest BCUT2D eigenvalue weighted by Crippen LogP contribution is -1.97. The molecule has 0 saturated carbocycles. The number of fused-ring (bicyclic) bond motifs is 1. The van der Waals surface area contributed by atoms with E-state index in [1.54, 1.807) is 0 Å². The summed E-state index contributed by atoms with van der Waals surface area (Å²) in [6, 6.07) is 6.16. The van der Waals surface area contributed by atoms with Gasteiger partial charge in [-0.2, -0.15) is 0 Å². The van der Waals surface area contributed by atoms with Crippen molar-refractivity contribution in [1.29, 1.82) is 0 Å². The molecule has 0 unspecified atom stereocenters. The van der Waals surface area contributed by atoms with Crippen molar-refractivity contribution in [3.63, 3.8) is 0 Å².